The fraction of sp³-hybridized carbons (Fsp3) is 0.595. The molecule has 0 radical (unpaired) electrons. The summed E-state index contributed by atoms with van der Waals surface area (Å²) in [5, 5.41) is 12.1. The molecule has 20 atom stereocenters. The van der Waals surface area contributed by atoms with E-state index in [1.807, 2.05) is 120 Å². The first-order valence-corrected chi connectivity index (χ1v) is 39.5. The largest absolute Gasteiger partial charge is 0.447 e. The fourth-order valence-electron chi connectivity index (χ4n) is 16.2. The number of imide groups is 2. The van der Waals surface area contributed by atoms with E-state index >= 15 is 0 Å². The van der Waals surface area contributed by atoms with Gasteiger partial charge in [0.1, 0.15) is 24.8 Å². The highest BCUT2D eigenvalue weighted by atomic mass is 28.4. The molecule has 0 aromatic heterocycles. The van der Waals surface area contributed by atoms with Gasteiger partial charge in [-0.2, -0.15) is 0 Å². The highest BCUT2D eigenvalue weighted by Gasteiger charge is 2.52. The number of nitrogens with zero attached hydrogens (tertiary/aromatic N) is 4. The Morgan fingerprint density at radius 3 is 1.25 bits per heavy atom. The summed E-state index contributed by atoms with van der Waals surface area (Å²) in [5.74, 6) is -5.49. The molecule has 4 amide bonds. The Bertz CT molecular complexity index is 3320. The number of hydrogen-bond acceptors (Lipinski definition) is 16. The maximum Gasteiger partial charge on any atom is 0.417 e. The van der Waals surface area contributed by atoms with E-state index in [4.69, 9.17) is 32.8 Å². The minimum atomic E-state index is -2.81. The molecule has 4 aromatic carbocycles. The Morgan fingerprint density at radius 1 is 0.573 bits per heavy atom. The second-order valence-corrected chi connectivity index (χ2v) is 35.9. The second kappa shape index (κ2) is 38.7. The van der Waals surface area contributed by atoms with Crippen molar-refractivity contribution in [3.05, 3.63) is 158 Å². The molecule has 4 heterocycles. The molecule has 18 nitrogen and oxygen atoms in total. The third-order valence-electron chi connectivity index (χ3n) is 22.0. The molecule has 4 aromatic rings. The standard InChI is InChI=1S/C50H70N2O7Si.C34H52N2O7/c1-12-22-40(29-34(2)32-57-60(50(7,8)9,42-25-18-14-19-26-42)43-27-20-15-21-28-43)46(59-48-36(4)44(51(10)11)30-35(3)58-48)37(5)45(53)38(6)47(54)52-41(33-56-49(52)55)31-39-23-16-13-17-24-39;1-9-13-27(16-21(2)19-37)31(43-33-23(4)29(35(7)8)17-22(3)42-33)24(5)30(38)25(6)32(39)36-28(20-41-34(36)40)18-26-14-11-10-12-15-26/h12-21,23-28,34-38,40-41,44,46,48H,1,22,29-33H2,2-11H3;9-12,14-15,21-25,27-29,31,33,37H,1,13,16-20H2,2-8H3/t34-,35-,36-,37+,38?,40+,41-,44?,46-,48+;21-,22-,23-,24+,25?,27+,28-,29?,31-,33+/m11/s1. The minimum absolute atomic E-state index is 0.00746. The maximum absolute atomic E-state index is 14.7. The Morgan fingerprint density at radius 2 is 0.922 bits per heavy atom. The van der Waals surface area contributed by atoms with E-state index in [1.54, 1.807) is 20.8 Å². The number of ether oxygens (including phenoxy) is 6. The zero-order valence-electron chi connectivity index (χ0n) is 64.7. The molecule has 0 spiro atoms. The predicted molar refractivity (Wildman–Crippen MR) is 407 cm³/mol. The van der Waals surface area contributed by atoms with Gasteiger partial charge in [0.25, 0.3) is 8.32 Å². The number of Topliss-reactive ketones (excluding diaryl/α,β-unsaturated/α-hetero) is 2. The first kappa shape index (κ1) is 83.7. The Labute approximate surface area is 616 Å². The lowest BCUT2D eigenvalue weighted by atomic mass is 9.79. The van der Waals surface area contributed by atoms with Crippen molar-refractivity contribution in [1.29, 1.82) is 0 Å². The maximum atomic E-state index is 14.7. The van der Waals surface area contributed by atoms with Crippen LogP contribution in [0.1, 0.15) is 140 Å². The van der Waals surface area contributed by atoms with Gasteiger partial charge in [-0.25, -0.2) is 19.4 Å². The number of ketones is 2. The number of rotatable bonds is 34. The van der Waals surface area contributed by atoms with Crippen molar-refractivity contribution in [3.63, 3.8) is 0 Å². The van der Waals surface area contributed by atoms with Crippen LogP contribution in [0.5, 0.6) is 0 Å². The van der Waals surface area contributed by atoms with Gasteiger partial charge < -0.3 is 47.8 Å². The van der Waals surface area contributed by atoms with Crippen molar-refractivity contribution in [2.75, 3.05) is 54.6 Å². The molecule has 4 aliphatic rings. The van der Waals surface area contributed by atoms with Gasteiger partial charge in [0.15, 0.2) is 12.6 Å². The van der Waals surface area contributed by atoms with Gasteiger partial charge in [-0.3, -0.25) is 19.2 Å². The third-order valence-corrected chi connectivity index (χ3v) is 27.0. The normalized spacial score (nSPS) is 25.4. The Balaban J connectivity index is 0.000000305. The van der Waals surface area contributed by atoms with E-state index in [-0.39, 0.29) is 96.2 Å². The van der Waals surface area contributed by atoms with E-state index in [9.17, 15) is 33.9 Å². The van der Waals surface area contributed by atoms with Crippen LogP contribution in [-0.4, -0.2) is 184 Å². The zero-order valence-corrected chi connectivity index (χ0v) is 65.7. The number of aliphatic hydroxyl groups excluding tert-OH is 1. The Kier molecular flexibility index (Phi) is 31.4. The SMILES string of the molecule is C=CC[C@@H](C[C@@H](C)CO)[C@H](O[C@@H]1O[C@H](C)CC(N(C)C)[C@H]1C)[C@@H](C)C(=O)C(C)C(=O)N1C(=O)OC[C@H]1Cc1ccccc1.C=CC[C@@H](C[C@@H](C)CO[Si](c1ccccc1)(c1ccccc1)C(C)(C)C)[C@H](O[C@@H]1O[C@H](C)CC(N(C)C)[C@H]1C)[C@@H](C)C(=O)C(C)C(=O)N1C(=O)OC[C@H]1Cc1ccccc1. The number of benzene rings is 4. The number of carbonyl (C=O) groups excluding carboxylic acids is 6. The molecule has 103 heavy (non-hydrogen) atoms. The predicted octanol–water partition coefficient (Wildman–Crippen LogP) is 13.0. The fourth-order valence-corrected chi connectivity index (χ4v) is 20.9. The van der Waals surface area contributed by atoms with Gasteiger partial charge in [-0.1, -0.05) is 196 Å². The van der Waals surface area contributed by atoms with Gasteiger partial charge in [-0.15, -0.1) is 13.2 Å². The van der Waals surface area contributed by atoms with Gasteiger partial charge in [0.2, 0.25) is 11.8 Å². The number of allylic oxidation sites excluding steroid dienone is 2. The Hall–Kier alpha value is -6.52. The first-order chi connectivity index (χ1) is 48.9. The lowest BCUT2D eigenvalue weighted by Gasteiger charge is -2.45. The lowest BCUT2D eigenvalue weighted by molar-refractivity contribution is -0.260. The molecule has 0 saturated carbocycles. The van der Waals surface area contributed by atoms with E-state index in [0.29, 0.717) is 45.1 Å². The van der Waals surface area contributed by atoms with Crippen molar-refractivity contribution in [2.24, 2.45) is 59.2 Å². The number of hydrogen-bond donors (Lipinski definition) is 1. The summed E-state index contributed by atoms with van der Waals surface area (Å²) in [6, 6.07) is 40.0. The van der Waals surface area contributed by atoms with Gasteiger partial charge in [0, 0.05) is 49.0 Å². The minimum Gasteiger partial charge on any atom is -0.447 e. The molecule has 8 rings (SSSR count). The molecule has 566 valence electrons. The summed E-state index contributed by atoms with van der Waals surface area (Å²) in [6.45, 7) is 34.9. The van der Waals surface area contributed by atoms with Gasteiger partial charge in [0.05, 0.1) is 48.3 Å². The molecular weight excluding hydrogens is 1320 g/mol. The van der Waals surface area contributed by atoms with Crippen LogP contribution in [0.15, 0.2) is 147 Å². The smallest absolute Gasteiger partial charge is 0.417 e. The van der Waals surface area contributed by atoms with Crippen LogP contribution >= 0.6 is 0 Å². The summed E-state index contributed by atoms with van der Waals surface area (Å²) in [7, 11) is 5.45. The molecule has 0 bridgehead atoms. The average molecular weight is 1440 g/mol. The van der Waals surface area contributed by atoms with Crippen molar-refractivity contribution in [1.82, 2.24) is 19.6 Å². The molecule has 0 aliphatic carbocycles. The molecule has 4 aliphatic heterocycles. The van der Waals surface area contributed by atoms with Crippen LogP contribution in [-0.2, 0) is 64.9 Å². The van der Waals surface area contributed by atoms with Crippen LogP contribution in [0, 0.1) is 59.2 Å². The summed E-state index contributed by atoms with van der Waals surface area (Å²) in [6.07, 6.45) is 4.91. The third kappa shape index (κ3) is 21.2. The summed E-state index contributed by atoms with van der Waals surface area (Å²) in [5.41, 5.74) is 1.95. The number of aliphatic hydroxyl groups is 1. The number of amides is 4. The van der Waals surface area contributed by atoms with E-state index < -0.39 is 92.9 Å². The van der Waals surface area contributed by atoms with E-state index in [2.05, 4.69) is 134 Å². The number of carbonyl (C=O) groups is 6. The highest BCUT2D eigenvalue weighted by molar-refractivity contribution is 6.99. The van der Waals surface area contributed by atoms with Crippen molar-refractivity contribution >= 4 is 54.3 Å². The summed E-state index contributed by atoms with van der Waals surface area (Å²) < 4.78 is 44.7. The summed E-state index contributed by atoms with van der Waals surface area (Å²) >= 11 is 0. The molecule has 4 fully saturated rings. The van der Waals surface area contributed by atoms with Gasteiger partial charge >= 0.3 is 12.2 Å². The van der Waals surface area contributed by atoms with Crippen LogP contribution < -0.4 is 10.4 Å². The molecule has 1 N–H and O–H groups in total. The molecule has 19 heteroatoms. The van der Waals surface area contributed by atoms with Crippen LogP contribution in [0.2, 0.25) is 5.04 Å². The number of cyclic esters (lactones) is 2. The summed E-state index contributed by atoms with van der Waals surface area (Å²) in [4.78, 5) is 89.1. The molecular formula is C84H122N4O14Si. The van der Waals surface area contributed by atoms with Crippen LogP contribution in [0.25, 0.3) is 0 Å². The molecule has 4 unspecified atom stereocenters. The van der Waals surface area contributed by atoms with E-state index in [1.165, 1.54) is 10.4 Å². The van der Waals surface area contributed by atoms with Crippen LogP contribution in [0.4, 0.5) is 9.59 Å². The highest BCUT2D eigenvalue weighted by Crippen LogP contribution is 2.41. The zero-order chi connectivity index (χ0) is 75.6. The van der Waals surface area contributed by atoms with Crippen molar-refractivity contribution in [2.45, 2.75) is 208 Å². The van der Waals surface area contributed by atoms with Crippen molar-refractivity contribution in [3.8, 4) is 0 Å². The monoisotopic (exact) mass is 1440 g/mol. The quantitative estimate of drug-likeness (QED) is 0.0263. The lowest BCUT2D eigenvalue weighted by Crippen LogP contribution is -2.66. The topological polar surface area (TPSA) is 200 Å². The average Bonchev–Trinajstić information content (AvgIpc) is 1.49. The molecule has 4 saturated heterocycles. The van der Waals surface area contributed by atoms with Gasteiger partial charge in [-0.05, 0) is 157 Å². The first-order valence-electron chi connectivity index (χ1n) is 37.6. The van der Waals surface area contributed by atoms with Crippen LogP contribution in [0.3, 0.4) is 0 Å². The second-order valence-electron chi connectivity index (χ2n) is 31.6. The van der Waals surface area contributed by atoms with E-state index in [0.717, 1.165) is 33.8 Å². The van der Waals surface area contributed by atoms with Crippen molar-refractivity contribution < 1.29 is 66.7 Å².